The molecule has 0 unspecified atom stereocenters. The highest BCUT2D eigenvalue weighted by Crippen LogP contribution is 2.36. The lowest BCUT2D eigenvalue weighted by Gasteiger charge is -2.36. The standard InChI is InChI=1S/C19H30O2Si/c1-15(17-11-9-8-10-12-17)13-16(2)18(20)14-21-22(6,7)19(3,4)5/h8-12,18,20H,14H2,1-7H3/t13?,18-/m0/s1. The molecule has 0 saturated carbocycles. The molecule has 0 spiro atoms. The minimum Gasteiger partial charge on any atom is -0.414 e. The second-order valence-electron chi connectivity index (χ2n) is 7.39. The Morgan fingerprint density at radius 2 is 1.73 bits per heavy atom. The molecule has 0 amide bonds. The zero-order valence-electron chi connectivity index (χ0n) is 15.0. The predicted molar refractivity (Wildman–Crippen MR) is 97.4 cm³/mol. The van der Waals surface area contributed by atoms with Gasteiger partial charge >= 0.3 is 0 Å². The molecule has 1 atom stereocenters. The molecule has 0 heterocycles. The van der Waals surface area contributed by atoms with Gasteiger partial charge in [-0.1, -0.05) is 51.1 Å². The van der Waals surface area contributed by atoms with Crippen LogP contribution in [0.4, 0.5) is 0 Å². The van der Waals surface area contributed by atoms with Gasteiger partial charge in [0.15, 0.2) is 8.32 Å². The molecule has 1 N–H and O–H groups in total. The molecule has 22 heavy (non-hydrogen) atoms. The molecule has 122 valence electrons. The molecule has 3 heteroatoms. The fourth-order valence-corrected chi connectivity index (χ4v) is 2.78. The molecule has 0 fully saturated rings. The highest BCUT2D eigenvalue weighted by molar-refractivity contribution is 6.74. The van der Waals surface area contributed by atoms with Crippen LogP contribution in [0.2, 0.25) is 18.1 Å². The average molecular weight is 319 g/mol. The number of aliphatic hydroxyl groups excluding tert-OH is 1. The van der Waals surface area contributed by atoms with E-state index >= 15 is 0 Å². The van der Waals surface area contributed by atoms with Crippen molar-refractivity contribution in [2.75, 3.05) is 6.61 Å². The van der Waals surface area contributed by atoms with Crippen LogP contribution in [0, 0.1) is 0 Å². The Morgan fingerprint density at radius 3 is 2.23 bits per heavy atom. The monoisotopic (exact) mass is 318 g/mol. The lowest BCUT2D eigenvalue weighted by Crippen LogP contribution is -2.42. The molecule has 0 aliphatic rings. The number of rotatable bonds is 5. The molecule has 0 aliphatic carbocycles. The predicted octanol–water partition coefficient (Wildman–Crippen LogP) is 5.02. The number of aliphatic hydroxyl groups is 1. The zero-order valence-corrected chi connectivity index (χ0v) is 16.0. The van der Waals surface area contributed by atoms with Crippen LogP contribution < -0.4 is 0 Å². The first-order chi connectivity index (χ1) is 10.0. The second-order valence-corrected chi connectivity index (χ2v) is 12.2. The van der Waals surface area contributed by atoms with E-state index in [4.69, 9.17) is 4.43 Å². The summed E-state index contributed by atoms with van der Waals surface area (Å²) in [5.41, 5.74) is 6.27. The van der Waals surface area contributed by atoms with E-state index in [0.29, 0.717) is 6.61 Å². The lowest BCUT2D eigenvalue weighted by atomic mass is 10.1. The maximum Gasteiger partial charge on any atom is 0.192 e. The third-order valence-corrected chi connectivity index (χ3v) is 9.00. The minimum atomic E-state index is -1.83. The quantitative estimate of drug-likeness (QED) is 0.610. The van der Waals surface area contributed by atoms with Crippen molar-refractivity contribution in [1.82, 2.24) is 0 Å². The van der Waals surface area contributed by atoms with Crippen LogP contribution in [-0.2, 0) is 4.43 Å². The van der Waals surface area contributed by atoms with Gasteiger partial charge in [-0.3, -0.25) is 0 Å². The average Bonchev–Trinajstić information content (AvgIpc) is 2.44. The van der Waals surface area contributed by atoms with Crippen molar-refractivity contribution >= 4 is 13.9 Å². The lowest BCUT2D eigenvalue weighted by molar-refractivity contribution is 0.127. The Hall–Kier alpha value is -1.12. The van der Waals surface area contributed by atoms with Gasteiger partial charge < -0.3 is 9.53 Å². The summed E-state index contributed by atoms with van der Waals surface area (Å²) in [5, 5.41) is 10.5. The molecule has 0 bridgehead atoms. The molecule has 1 aromatic carbocycles. The maximum atomic E-state index is 10.3. The SMILES string of the molecule is CC(=C=C(C)[C@@H](O)CO[Si](C)(C)C(C)(C)C)c1ccccc1. The summed E-state index contributed by atoms with van der Waals surface area (Å²) in [6.45, 7) is 15.3. The van der Waals surface area contributed by atoms with Crippen LogP contribution in [-0.4, -0.2) is 26.1 Å². The third kappa shape index (κ3) is 5.26. The Labute approximate surface area is 136 Å². The van der Waals surface area contributed by atoms with Crippen molar-refractivity contribution in [3.8, 4) is 0 Å². The largest absolute Gasteiger partial charge is 0.414 e. The van der Waals surface area contributed by atoms with Crippen LogP contribution in [0.5, 0.6) is 0 Å². The first-order valence-electron chi connectivity index (χ1n) is 7.86. The van der Waals surface area contributed by atoms with Gasteiger partial charge in [0.05, 0.1) is 6.61 Å². The van der Waals surface area contributed by atoms with Gasteiger partial charge in [-0.25, -0.2) is 0 Å². The van der Waals surface area contributed by atoms with Crippen molar-refractivity contribution in [2.45, 2.75) is 58.9 Å². The third-order valence-electron chi connectivity index (χ3n) is 4.50. The highest BCUT2D eigenvalue weighted by Gasteiger charge is 2.37. The fourth-order valence-electron chi connectivity index (χ4n) is 1.77. The summed E-state index contributed by atoms with van der Waals surface area (Å²) in [4.78, 5) is 0. The van der Waals surface area contributed by atoms with Crippen molar-refractivity contribution in [1.29, 1.82) is 0 Å². The summed E-state index contributed by atoms with van der Waals surface area (Å²) in [6.07, 6.45) is -0.604. The van der Waals surface area contributed by atoms with Gasteiger partial charge in [-0.05, 0) is 48.7 Å². The number of hydrogen-bond acceptors (Lipinski definition) is 2. The Bertz CT molecular complexity index is 547. The smallest absolute Gasteiger partial charge is 0.192 e. The van der Waals surface area contributed by atoms with Gasteiger partial charge in [0.1, 0.15) is 6.10 Å². The van der Waals surface area contributed by atoms with Crippen molar-refractivity contribution in [3.63, 3.8) is 0 Å². The van der Waals surface area contributed by atoms with Crippen LogP contribution in [0.25, 0.3) is 5.57 Å². The van der Waals surface area contributed by atoms with Crippen molar-refractivity contribution in [2.24, 2.45) is 0 Å². The summed E-state index contributed by atoms with van der Waals surface area (Å²) in [6, 6.07) is 10.1. The molecular weight excluding hydrogens is 288 g/mol. The molecular formula is C19H30O2Si. The van der Waals surface area contributed by atoms with Gasteiger partial charge in [-0.2, -0.15) is 0 Å². The molecule has 1 aromatic rings. The van der Waals surface area contributed by atoms with Gasteiger partial charge in [0, 0.05) is 0 Å². The van der Waals surface area contributed by atoms with Crippen LogP contribution in [0.1, 0.15) is 40.2 Å². The van der Waals surface area contributed by atoms with Gasteiger partial charge in [0.25, 0.3) is 0 Å². The van der Waals surface area contributed by atoms with E-state index in [1.54, 1.807) is 0 Å². The fraction of sp³-hybridized carbons (Fsp3) is 0.526. The van der Waals surface area contributed by atoms with Crippen LogP contribution in [0.3, 0.4) is 0 Å². The molecule has 0 aliphatic heterocycles. The van der Waals surface area contributed by atoms with Crippen molar-refractivity contribution in [3.05, 3.63) is 47.2 Å². The summed E-state index contributed by atoms with van der Waals surface area (Å²) >= 11 is 0. The zero-order chi connectivity index (χ0) is 17.0. The normalized spacial score (nSPS) is 13.5. The van der Waals surface area contributed by atoms with Gasteiger partial charge in [0.2, 0.25) is 0 Å². The van der Waals surface area contributed by atoms with Crippen LogP contribution >= 0.6 is 0 Å². The summed E-state index contributed by atoms with van der Waals surface area (Å²) in [7, 11) is -1.83. The van der Waals surface area contributed by atoms with Crippen molar-refractivity contribution < 1.29 is 9.53 Å². The topological polar surface area (TPSA) is 29.5 Å². The number of hydrogen-bond donors (Lipinski definition) is 1. The van der Waals surface area contributed by atoms with Crippen LogP contribution in [0.15, 0.2) is 41.6 Å². The molecule has 0 aromatic heterocycles. The number of benzene rings is 1. The van der Waals surface area contributed by atoms with E-state index in [2.05, 4.69) is 39.6 Å². The summed E-state index contributed by atoms with van der Waals surface area (Å²) < 4.78 is 6.08. The van der Waals surface area contributed by atoms with E-state index in [1.165, 1.54) is 0 Å². The highest BCUT2D eigenvalue weighted by atomic mass is 28.4. The molecule has 0 radical (unpaired) electrons. The molecule has 0 saturated heterocycles. The second kappa shape index (κ2) is 7.43. The first-order valence-corrected chi connectivity index (χ1v) is 10.8. The Morgan fingerprint density at radius 1 is 1.18 bits per heavy atom. The van der Waals surface area contributed by atoms with E-state index in [9.17, 15) is 5.11 Å². The van der Waals surface area contributed by atoms with E-state index in [-0.39, 0.29) is 5.04 Å². The van der Waals surface area contributed by atoms with E-state index < -0.39 is 14.4 Å². The summed E-state index contributed by atoms with van der Waals surface area (Å²) in [5.74, 6) is 0. The molecule has 1 rings (SSSR count). The van der Waals surface area contributed by atoms with E-state index in [1.807, 2.05) is 44.2 Å². The van der Waals surface area contributed by atoms with Gasteiger partial charge in [-0.15, -0.1) is 5.73 Å². The Balaban J connectivity index is 2.81. The van der Waals surface area contributed by atoms with E-state index in [0.717, 1.165) is 16.7 Å². The Kier molecular flexibility index (Phi) is 6.39. The molecule has 2 nitrogen and oxygen atoms in total. The minimum absolute atomic E-state index is 0.153. The maximum absolute atomic E-state index is 10.3. The first kappa shape index (κ1) is 18.9.